The van der Waals surface area contributed by atoms with Gasteiger partial charge in [-0.3, -0.25) is 4.79 Å². The van der Waals surface area contributed by atoms with Crippen molar-refractivity contribution in [1.82, 2.24) is 4.98 Å². The third kappa shape index (κ3) is 1.18. The quantitative estimate of drug-likeness (QED) is 0.512. The van der Waals surface area contributed by atoms with E-state index in [1.54, 1.807) is 19.2 Å². The zero-order chi connectivity index (χ0) is 9.42. The molecule has 66 valence electrons. The Kier molecular flexibility index (Phi) is 1.59. The first-order valence-electron chi connectivity index (χ1n) is 4.06. The molecule has 3 heteroatoms. The monoisotopic (exact) mass is 174 g/mol. The summed E-state index contributed by atoms with van der Waals surface area (Å²) in [6.45, 7) is 1.54. The zero-order valence-corrected chi connectivity index (χ0v) is 7.29. The van der Waals surface area contributed by atoms with Gasteiger partial charge < -0.3 is 10.7 Å². The number of nitrogen functional groups attached to an aromatic ring is 1. The maximum absolute atomic E-state index is 11.2. The number of carbonyl (C=O) groups is 1. The number of ketones is 1. The summed E-state index contributed by atoms with van der Waals surface area (Å²) >= 11 is 0. The number of hydrogen-bond donors (Lipinski definition) is 2. The number of aromatic nitrogens is 1. The van der Waals surface area contributed by atoms with E-state index in [1.807, 2.05) is 12.1 Å². The molecule has 3 nitrogen and oxygen atoms in total. The summed E-state index contributed by atoms with van der Waals surface area (Å²) in [5, 5.41) is 0.932. The van der Waals surface area contributed by atoms with E-state index in [0.717, 1.165) is 10.9 Å². The van der Waals surface area contributed by atoms with Gasteiger partial charge in [0.2, 0.25) is 0 Å². The third-order valence-electron chi connectivity index (χ3n) is 2.07. The van der Waals surface area contributed by atoms with Crippen LogP contribution >= 0.6 is 0 Å². The summed E-state index contributed by atoms with van der Waals surface area (Å²) < 4.78 is 0. The van der Waals surface area contributed by atoms with Crippen LogP contribution in [0.3, 0.4) is 0 Å². The Hall–Kier alpha value is -1.77. The molecule has 0 radical (unpaired) electrons. The number of rotatable bonds is 1. The topological polar surface area (TPSA) is 58.9 Å². The van der Waals surface area contributed by atoms with Crippen molar-refractivity contribution in [3.05, 3.63) is 30.0 Å². The van der Waals surface area contributed by atoms with E-state index < -0.39 is 0 Å². The Balaban J connectivity index is 2.84. The lowest BCUT2D eigenvalue weighted by Crippen LogP contribution is -1.95. The summed E-state index contributed by atoms with van der Waals surface area (Å²) in [6, 6.07) is 5.41. The van der Waals surface area contributed by atoms with Crippen molar-refractivity contribution in [3.8, 4) is 0 Å². The molecule has 0 fully saturated rings. The molecule has 0 aliphatic carbocycles. The van der Waals surface area contributed by atoms with Crippen LogP contribution in [0.4, 0.5) is 5.69 Å². The minimum Gasteiger partial charge on any atom is -0.399 e. The lowest BCUT2D eigenvalue weighted by molar-refractivity contribution is 0.101. The highest BCUT2D eigenvalue weighted by Crippen LogP contribution is 2.21. The molecule has 0 saturated heterocycles. The molecule has 0 atom stereocenters. The minimum atomic E-state index is 0.0388. The van der Waals surface area contributed by atoms with Crippen LogP contribution in [0.15, 0.2) is 24.4 Å². The molecule has 1 heterocycles. The predicted octanol–water partition coefficient (Wildman–Crippen LogP) is 1.95. The average molecular weight is 174 g/mol. The number of H-pyrrole nitrogens is 1. The van der Waals surface area contributed by atoms with Gasteiger partial charge in [-0.15, -0.1) is 0 Å². The molecule has 2 rings (SSSR count). The number of benzene rings is 1. The van der Waals surface area contributed by atoms with E-state index in [2.05, 4.69) is 4.98 Å². The molecule has 13 heavy (non-hydrogen) atoms. The van der Waals surface area contributed by atoms with E-state index in [0.29, 0.717) is 11.3 Å². The average Bonchev–Trinajstić information content (AvgIpc) is 2.49. The van der Waals surface area contributed by atoms with Gasteiger partial charge in [0.05, 0.1) is 0 Å². The Labute approximate surface area is 75.6 Å². The predicted molar refractivity (Wildman–Crippen MR) is 52.7 cm³/mol. The van der Waals surface area contributed by atoms with Crippen LogP contribution in [-0.2, 0) is 0 Å². The highest BCUT2D eigenvalue weighted by molar-refractivity contribution is 6.07. The van der Waals surface area contributed by atoms with Gasteiger partial charge in [0.25, 0.3) is 0 Å². The van der Waals surface area contributed by atoms with E-state index in [4.69, 9.17) is 5.73 Å². The summed E-state index contributed by atoms with van der Waals surface area (Å²) in [5.41, 5.74) is 7.85. The molecule has 0 amide bonds. The second kappa shape index (κ2) is 2.62. The van der Waals surface area contributed by atoms with Crippen molar-refractivity contribution in [2.75, 3.05) is 5.73 Å². The largest absolute Gasteiger partial charge is 0.399 e. The Bertz CT molecular complexity index is 471. The van der Waals surface area contributed by atoms with E-state index in [1.165, 1.54) is 0 Å². The first-order chi connectivity index (χ1) is 6.18. The maximum atomic E-state index is 11.2. The third-order valence-corrected chi connectivity index (χ3v) is 2.07. The normalized spacial score (nSPS) is 10.5. The number of carbonyl (C=O) groups excluding carboxylic acids is 1. The van der Waals surface area contributed by atoms with Crippen molar-refractivity contribution in [3.63, 3.8) is 0 Å². The molecular weight excluding hydrogens is 164 g/mol. The fourth-order valence-electron chi connectivity index (χ4n) is 1.48. The Morgan fingerprint density at radius 3 is 2.92 bits per heavy atom. The highest BCUT2D eigenvalue weighted by atomic mass is 16.1. The van der Waals surface area contributed by atoms with Crippen LogP contribution in [0.5, 0.6) is 0 Å². The van der Waals surface area contributed by atoms with Gasteiger partial charge in [-0.1, -0.05) is 0 Å². The van der Waals surface area contributed by atoms with Crippen molar-refractivity contribution < 1.29 is 4.79 Å². The van der Waals surface area contributed by atoms with Crippen LogP contribution in [0, 0.1) is 0 Å². The van der Waals surface area contributed by atoms with Crippen LogP contribution in [0.2, 0.25) is 0 Å². The second-order valence-electron chi connectivity index (χ2n) is 3.06. The summed E-state index contributed by atoms with van der Waals surface area (Å²) in [5.74, 6) is 0.0388. The van der Waals surface area contributed by atoms with E-state index >= 15 is 0 Å². The van der Waals surface area contributed by atoms with Crippen LogP contribution in [0.25, 0.3) is 10.9 Å². The second-order valence-corrected chi connectivity index (χ2v) is 3.06. The molecule has 1 aromatic carbocycles. The zero-order valence-electron chi connectivity index (χ0n) is 7.29. The summed E-state index contributed by atoms with van der Waals surface area (Å²) in [4.78, 5) is 14.3. The smallest absolute Gasteiger partial charge is 0.160 e. The lowest BCUT2D eigenvalue weighted by atomic mass is 10.1. The van der Waals surface area contributed by atoms with Gasteiger partial charge in [0.1, 0.15) is 0 Å². The first-order valence-corrected chi connectivity index (χ1v) is 4.06. The first kappa shape index (κ1) is 7.86. The molecule has 0 unspecified atom stereocenters. The van der Waals surface area contributed by atoms with Crippen molar-refractivity contribution in [2.24, 2.45) is 0 Å². The maximum Gasteiger partial charge on any atom is 0.160 e. The number of fused-ring (bicyclic) bond motifs is 1. The molecule has 0 bridgehead atoms. The van der Waals surface area contributed by atoms with Crippen molar-refractivity contribution >= 4 is 22.4 Å². The minimum absolute atomic E-state index is 0.0388. The van der Waals surface area contributed by atoms with Gasteiger partial charge in [0.15, 0.2) is 5.78 Å². The number of nitrogens with two attached hydrogens (primary N) is 1. The molecule has 0 aliphatic rings. The van der Waals surface area contributed by atoms with Crippen molar-refractivity contribution in [2.45, 2.75) is 6.92 Å². The standard InChI is InChI=1S/C10H10N2O/c1-6(13)9-4-7(11)5-10-8(9)2-3-12-10/h2-5,12H,11H2,1H3. The van der Waals surface area contributed by atoms with E-state index in [9.17, 15) is 4.79 Å². The highest BCUT2D eigenvalue weighted by Gasteiger charge is 2.06. The van der Waals surface area contributed by atoms with E-state index in [-0.39, 0.29) is 5.78 Å². The molecular formula is C10H10N2O. The SMILES string of the molecule is CC(=O)c1cc(N)cc2[nH]ccc12. The number of nitrogens with one attached hydrogen (secondary N) is 1. The van der Waals surface area contributed by atoms with Crippen LogP contribution in [0.1, 0.15) is 17.3 Å². The number of anilines is 1. The molecule has 2 aromatic rings. The molecule has 3 N–H and O–H groups in total. The fraction of sp³-hybridized carbons (Fsp3) is 0.100. The number of hydrogen-bond acceptors (Lipinski definition) is 2. The molecule has 0 saturated carbocycles. The van der Waals surface area contributed by atoms with Gasteiger partial charge in [0, 0.05) is 28.4 Å². The van der Waals surface area contributed by atoms with Crippen LogP contribution < -0.4 is 5.73 Å². The number of Topliss-reactive ketones (excluding diaryl/α,β-unsaturated/α-hetero) is 1. The lowest BCUT2D eigenvalue weighted by Gasteiger charge is -2.00. The Morgan fingerprint density at radius 1 is 1.46 bits per heavy atom. The van der Waals surface area contributed by atoms with Crippen LogP contribution in [-0.4, -0.2) is 10.8 Å². The Morgan fingerprint density at radius 2 is 2.23 bits per heavy atom. The number of aromatic amines is 1. The molecule has 0 aliphatic heterocycles. The molecule has 0 spiro atoms. The van der Waals surface area contributed by atoms with Crippen molar-refractivity contribution in [1.29, 1.82) is 0 Å². The molecule has 1 aromatic heterocycles. The van der Waals surface area contributed by atoms with Gasteiger partial charge in [-0.2, -0.15) is 0 Å². The van der Waals surface area contributed by atoms with Gasteiger partial charge in [-0.05, 0) is 25.1 Å². The summed E-state index contributed by atoms with van der Waals surface area (Å²) in [6.07, 6.45) is 1.80. The van der Waals surface area contributed by atoms with Gasteiger partial charge in [-0.25, -0.2) is 0 Å². The fourth-order valence-corrected chi connectivity index (χ4v) is 1.48. The van der Waals surface area contributed by atoms with Gasteiger partial charge >= 0.3 is 0 Å². The summed E-state index contributed by atoms with van der Waals surface area (Å²) in [7, 11) is 0.